The number of hydrogen-bond donors (Lipinski definition) is 4. The van der Waals surface area contributed by atoms with Crippen LogP contribution in [0.25, 0.3) is 21.9 Å². The quantitative estimate of drug-likeness (QED) is 0.0642. The van der Waals surface area contributed by atoms with Crippen LogP contribution in [0.4, 0.5) is 5.95 Å². The molecule has 3 aromatic carbocycles. The first-order valence-corrected chi connectivity index (χ1v) is 18.8. The molecule has 1 aliphatic heterocycles. The third-order valence-corrected chi connectivity index (χ3v) is 11.4. The lowest BCUT2D eigenvalue weighted by molar-refractivity contribution is -0.150. The Hall–Kier alpha value is -3.90. The number of carbonyl (C=O) groups excluding carboxylic acids is 1. The van der Waals surface area contributed by atoms with Gasteiger partial charge in [0, 0.05) is 40.8 Å². The first kappa shape index (κ1) is 35.5. The predicted molar refractivity (Wildman–Crippen MR) is 194 cm³/mol. The number of anilines is 1. The summed E-state index contributed by atoms with van der Waals surface area (Å²) in [4.78, 5) is 26.1. The summed E-state index contributed by atoms with van der Waals surface area (Å²) in [5.41, 5.74) is 6.69. The van der Waals surface area contributed by atoms with E-state index in [0.29, 0.717) is 22.1 Å². The van der Waals surface area contributed by atoms with Gasteiger partial charge in [-0.25, -0.2) is 9.55 Å². The van der Waals surface area contributed by atoms with E-state index in [0.717, 1.165) is 16.5 Å². The monoisotopic (exact) mass is 830 g/mol. The second-order valence-corrected chi connectivity index (χ2v) is 15.3. The number of methoxy groups -OCH3 is 1. The molecule has 51 heavy (non-hydrogen) atoms. The third-order valence-electron chi connectivity index (χ3n) is 9.04. The molecule has 1 saturated heterocycles. The first-order chi connectivity index (χ1) is 24.4. The number of aliphatic hydroxyl groups is 2. The van der Waals surface area contributed by atoms with Crippen LogP contribution in [0.1, 0.15) is 31.2 Å². The molecule has 17 heteroatoms. The number of ether oxygens (including phenoxy) is 3. The van der Waals surface area contributed by atoms with Crippen molar-refractivity contribution in [3.05, 3.63) is 81.7 Å². The number of aliphatic hydroxyl groups excluding tert-OH is 1. The fraction of sp³-hybridized carbons (Fsp3) is 0.353. The Morgan fingerprint density at radius 2 is 1.80 bits per heavy atom. The van der Waals surface area contributed by atoms with E-state index in [2.05, 4.69) is 20.0 Å². The van der Waals surface area contributed by atoms with E-state index >= 15 is 0 Å². The number of fused-ring (bicyclic) bond motifs is 3. The second kappa shape index (κ2) is 13.9. The summed E-state index contributed by atoms with van der Waals surface area (Å²) < 4.78 is 45.7. The van der Waals surface area contributed by atoms with Gasteiger partial charge < -0.3 is 34.7 Å². The molecule has 6 atom stereocenters. The zero-order valence-corrected chi connectivity index (χ0v) is 30.9. The van der Waals surface area contributed by atoms with Crippen molar-refractivity contribution in [2.45, 2.75) is 62.9 Å². The number of halogens is 1. The molecule has 1 fully saturated rings. The number of benzene rings is 3. The highest BCUT2D eigenvalue weighted by Gasteiger charge is 2.55. The zero-order valence-electron chi connectivity index (χ0n) is 27.8. The fourth-order valence-corrected chi connectivity index (χ4v) is 8.71. The molecule has 5 N–H and O–H groups in total. The minimum Gasteiger partial charge on any atom is -0.479 e. The van der Waals surface area contributed by atoms with Gasteiger partial charge in [-0.2, -0.15) is 15.1 Å². The van der Waals surface area contributed by atoms with Gasteiger partial charge in [0.05, 0.1) is 13.7 Å². The summed E-state index contributed by atoms with van der Waals surface area (Å²) in [5, 5.41) is 27.1. The Balaban J connectivity index is 1.13. The van der Waals surface area contributed by atoms with Crippen LogP contribution in [0.15, 0.2) is 66.7 Å². The molecule has 7 rings (SSSR count). The van der Waals surface area contributed by atoms with E-state index < -0.39 is 50.4 Å². The highest BCUT2D eigenvalue weighted by atomic mass is 127. The standard InChI is InChI=1S/C34H36IN6O9P/c1-18(30(43)48-22-15-20-10-4-5-11-21(20)16-22)40-51(45,50-24-14-8-12-19-9-6-7-13-23(19)24)47-17-25-27(42)34(2,44)31(49-25)41-28-26(37-32(41)35)29(46-3)39-33(36)38-28/h4-14,18,22,25,27,31,42,44H,15-17H2,1-3H3,(H,40,45)(H2,36,38,39)/t18?,25-,27-,31-,34-,51?/m1/s1. The van der Waals surface area contributed by atoms with Gasteiger partial charge in [0.25, 0.3) is 0 Å². The van der Waals surface area contributed by atoms with Gasteiger partial charge in [-0.15, -0.1) is 0 Å². The van der Waals surface area contributed by atoms with Crippen molar-refractivity contribution in [2.75, 3.05) is 19.5 Å². The number of nitrogens with two attached hydrogens (primary N) is 1. The SMILES string of the molecule is COc1nc(N)nc2c1nc(I)n2[C@@H]1O[C@H](COP(=O)(NC(C)C(=O)OC2Cc3ccccc3C2)Oc2cccc3ccccc23)[C@@H](O)[C@@]1(C)O. The fourth-order valence-electron chi connectivity index (χ4n) is 6.47. The van der Waals surface area contributed by atoms with Crippen molar-refractivity contribution < 1.29 is 42.8 Å². The number of imidazole rings is 1. The maximum Gasteiger partial charge on any atom is 0.459 e. The zero-order chi connectivity index (χ0) is 36.1. The lowest BCUT2D eigenvalue weighted by Crippen LogP contribution is -2.45. The van der Waals surface area contributed by atoms with Crippen molar-refractivity contribution in [3.63, 3.8) is 0 Å². The Morgan fingerprint density at radius 3 is 2.53 bits per heavy atom. The molecule has 0 radical (unpaired) electrons. The average Bonchev–Trinajstić information content (AvgIpc) is 3.73. The molecule has 0 spiro atoms. The van der Waals surface area contributed by atoms with Crippen LogP contribution >= 0.6 is 30.3 Å². The van der Waals surface area contributed by atoms with E-state index in [1.54, 1.807) is 18.2 Å². The van der Waals surface area contributed by atoms with Crippen molar-refractivity contribution in [1.82, 2.24) is 24.6 Å². The van der Waals surface area contributed by atoms with E-state index in [4.69, 9.17) is 29.0 Å². The number of carbonyl (C=O) groups is 1. The van der Waals surface area contributed by atoms with Crippen LogP contribution in [0.5, 0.6) is 11.6 Å². The molecule has 1 aliphatic carbocycles. The van der Waals surface area contributed by atoms with Crippen LogP contribution in [0, 0.1) is 3.83 Å². The summed E-state index contributed by atoms with van der Waals surface area (Å²) in [5.74, 6) is -0.386. The summed E-state index contributed by atoms with van der Waals surface area (Å²) in [6.45, 7) is 2.37. The van der Waals surface area contributed by atoms with Crippen LogP contribution < -0.4 is 20.1 Å². The molecule has 2 unspecified atom stereocenters. The number of rotatable bonds is 11. The molecular weight excluding hydrogens is 794 g/mol. The molecule has 2 aromatic heterocycles. The van der Waals surface area contributed by atoms with Gasteiger partial charge in [0.15, 0.2) is 21.2 Å². The second-order valence-electron chi connectivity index (χ2n) is 12.7. The molecule has 2 aliphatic rings. The van der Waals surface area contributed by atoms with E-state index in [1.165, 1.54) is 25.5 Å². The Kier molecular flexibility index (Phi) is 9.68. The molecule has 0 saturated carbocycles. The van der Waals surface area contributed by atoms with E-state index in [1.807, 2.05) is 71.1 Å². The molecule has 0 amide bonds. The van der Waals surface area contributed by atoms with Gasteiger partial charge >= 0.3 is 13.7 Å². The van der Waals surface area contributed by atoms with Gasteiger partial charge in [-0.05, 0) is 36.4 Å². The normalized spacial score (nSPS) is 23.6. The van der Waals surface area contributed by atoms with Gasteiger partial charge in [0.1, 0.15) is 35.7 Å². The van der Waals surface area contributed by atoms with Crippen molar-refractivity contribution >= 4 is 64.2 Å². The molecule has 0 bridgehead atoms. The Labute approximate surface area is 306 Å². The highest BCUT2D eigenvalue weighted by Crippen LogP contribution is 2.49. The summed E-state index contributed by atoms with van der Waals surface area (Å²) >= 11 is 1.93. The van der Waals surface area contributed by atoms with E-state index in [-0.39, 0.29) is 34.8 Å². The van der Waals surface area contributed by atoms with E-state index in [9.17, 15) is 19.6 Å². The van der Waals surface area contributed by atoms with Gasteiger partial charge in [0.2, 0.25) is 11.8 Å². The highest BCUT2D eigenvalue weighted by molar-refractivity contribution is 14.1. The van der Waals surface area contributed by atoms with Crippen LogP contribution in [0.2, 0.25) is 0 Å². The summed E-state index contributed by atoms with van der Waals surface area (Å²) in [6, 6.07) is 19.4. The maximum atomic E-state index is 14.6. The van der Waals surface area contributed by atoms with Gasteiger partial charge in [-0.3, -0.25) is 13.9 Å². The minimum absolute atomic E-state index is 0.0994. The van der Waals surface area contributed by atoms with Crippen LogP contribution in [0.3, 0.4) is 0 Å². The first-order valence-electron chi connectivity index (χ1n) is 16.1. The van der Waals surface area contributed by atoms with Crippen molar-refractivity contribution in [2.24, 2.45) is 0 Å². The smallest absolute Gasteiger partial charge is 0.459 e. The molecule has 15 nitrogen and oxygen atoms in total. The molecule has 5 aromatic rings. The molecule has 3 heterocycles. The number of nitrogens with one attached hydrogen (secondary N) is 1. The molecular formula is C34H36IN6O9P. The van der Waals surface area contributed by atoms with Crippen LogP contribution in [-0.4, -0.2) is 79.4 Å². The van der Waals surface area contributed by atoms with Crippen molar-refractivity contribution in [1.29, 1.82) is 0 Å². The number of esters is 1. The summed E-state index contributed by atoms with van der Waals surface area (Å²) in [6.07, 6.45) is -3.25. The van der Waals surface area contributed by atoms with Crippen LogP contribution in [-0.2, 0) is 36.2 Å². The average molecular weight is 831 g/mol. The van der Waals surface area contributed by atoms with Crippen molar-refractivity contribution in [3.8, 4) is 11.6 Å². The lowest BCUT2D eigenvalue weighted by atomic mass is 9.96. The topological polar surface area (TPSA) is 202 Å². The maximum absolute atomic E-state index is 14.6. The van der Waals surface area contributed by atoms with Gasteiger partial charge in [-0.1, -0.05) is 60.7 Å². The largest absolute Gasteiger partial charge is 0.479 e. The minimum atomic E-state index is -4.42. The number of hydrogen-bond acceptors (Lipinski definition) is 13. The number of aromatic nitrogens is 4. The molecule has 268 valence electrons. The number of nitrogen functional groups attached to an aromatic ring is 1. The Morgan fingerprint density at radius 1 is 1.12 bits per heavy atom. The Bertz CT molecular complexity index is 2140. The predicted octanol–water partition coefficient (Wildman–Crippen LogP) is 4.08. The third kappa shape index (κ3) is 6.89. The summed E-state index contributed by atoms with van der Waals surface area (Å²) in [7, 11) is -3.01. The number of nitrogens with zero attached hydrogens (tertiary/aromatic N) is 4. The lowest BCUT2D eigenvalue weighted by Gasteiger charge is -2.28.